The molecule has 0 N–H and O–H groups in total. The van der Waals surface area contributed by atoms with Gasteiger partial charge in [0.15, 0.2) is 0 Å². The molecule has 2 aliphatic carbocycles. The molecule has 6 nitrogen and oxygen atoms in total. The zero-order chi connectivity index (χ0) is 25.0. The van der Waals surface area contributed by atoms with E-state index in [1.165, 1.54) is 16.7 Å². The Bertz CT molecular complexity index is 1580. The Morgan fingerprint density at radius 1 is 0.865 bits per heavy atom. The molecule has 7 rings (SSSR count). The van der Waals surface area contributed by atoms with Crippen LogP contribution in [0.4, 0.5) is 0 Å². The lowest BCUT2D eigenvalue weighted by Crippen LogP contribution is -2.48. The largest absolute Gasteiger partial charge is 0.361 e. The van der Waals surface area contributed by atoms with Gasteiger partial charge in [-0.25, -0.2) is 19.9 Å². The van der Waals surface area contributed by atoms with Crippen LogP contribution in [-0.4, -0.2) is 25.1 Å². The Morgan fingerprint density at radius 3 is 2.41 bits per heavy atom. The van der Waals surface area contributed by atoms with Crippen LogP contribution >= 0.6 is 0 Å². The van der Waals surface area contributed by atoms with Crippen LogP contribution in [0.5, 0.6) is 0 Å². The molecule has 0 radical (unpaired) electrons. The van der Waals surface area contributed by atoms with Crippen LogP contribution in [0.25, 0.3) is 22.4 Å². The minimum absolute atomic E-state index is 0.253. The molecule has 0 saturated carbocycles. The van der Waals surface area contributed by atoms with E-state index in [4.69, 9.17) is 14.5 Å². The van der Waals surface area contributed by atoms with E-state index in [2.05, 4.69) is 76.6 Å². The van der Waals surface area contributed by atoms with Crippen molar-refractivity contribution in [2.45, 2.75) is 44.4 Å². The maximum atomic E-state index is 5.76. The van der Waals surface area contributed by atoms with Crippen molar-refractivity contribution in [3.8, 4) is 22.4 Å². The normalized spacial score (nSPS) is 22.1. The average molecular weight is 486 g/mol. The summed E-state index contributed by atoms with van der Waals surface area (Å²) >= 11 is 0. The molecular formula is C31H27N5O. The van der Waals surface area contributed by atoms with E-state index in [1.54, 1.807) is 6.33 Å². The number of nitrogens with zero attached hydrogens (tertiary/aromatic N) is 5. The lowest BCUT2D eigenvalue weighted by atomic mass is 9.53. The molecule has 0 spiro atoms. The van der Waals surface area contributed by atoms with Crippen molar-refractivity contribution in [1.29, 1.82) is 0 Å². The third-order valence-electron chi connectivity index (χ3n) is 8.38. The van der Waals surface area contributed by atoms with Gasteiger partial charge in [0, 0.05) is 46.0 Å². The first kappa shape index (κ1) is 22.0. The van der Waals surface area contributed by atoms with Gasteiger partial charge in [0.05, 0.1) is 17.6 Å². The SMILES string of the molecule is Cc1nc(-c2ccc(-c3cncnc3)cc2)c2c(n1)[C@@]1(c3ccccc3)Cc3cnoc3[C@@H](C)[C@@H]1CC2. The third-order valence-corrected chi connectivity index (χ3v) is 8.38. The fourth-order valence-electron chi connectivity index (χ4n) is 6.77. The van der Waals surface area contributed by atoms with Crippen molar-refractivity contribution >= 4 is 0 Å². The summed E-state index contributed by atoms with van der Waals surface area (Å²) in [6.45, 7) is 4.30. The van der Waals surface area contributed by atoms with Gasteiger partial charge in [0.25, 0.3) is 0 Å². The maximum absolute atomic E-state index is 5.76. The van der Waals surface area contributed by atoms with Crippen molar-refractivity contribution in [3.63, 3.8) is 0 Å². The zero-order valence-corrected chi connectivity index (χ0v) is 20.9. The van der Waals surface area contributed by atoms with Crippen LogP contribution in [0, 0.1) is 12.8 Å². The minimum atomic E-state index is -0.253. The van der Waals surface area contributed by atoms with E-state index in [-0.39, 0.29) is 11.3 Å². The Morgan fingerprint density at radius 2 is 1.62 bits per heavy atom. The lowest BCUT2D eigenvalue weighted by Gasteiger charge is -2.50. The standard InChI is InChI=1S/C31H27N5O/c1-19-27-13-12-26-28(22-10-8-21(9-11-22)24-15-32-18-33-16-24)35-20(2)36-30(26)31(27,25-6-4-3-5-7-25)14-23-17-34-37-29(19)23/h3-11,15-19,27H,12-14H2,1-2H3/t19-,27-,31+/m0/s1. The molecule has 0 fully saturated rings. The van der Waals surface area contributed by atoms with Crippen LogP contribution in [0.15, 0.2) is 84.0 Å². The highest BCUT2D eigenvalue weighted by Crippen LogP contribution is 2.57. The molecule has 0 aliphatic heterocycles. The molecule has 0 unspecified atom stereocenters. The number of benzene rings is 2. The number of aromatic nitrogens is 5. The first-order valence-corrected chi connectivity index (χ1v) is 12.9. The van der Waals surface area contributed by atoms with E-state index >= 15 is 0 Å². The van der Waals surface area contributed by atoms with E-state index in [0.29, 0.717) is 5.92 Å². The molecule has 3 aromatic heterocycles. The molecule has 3 heterocycles. The highest BCUT2D eigenvalue weighted by Gasteiger charge is 2.54. The summed E-state index contributed by atoms with van der Waals surface area (Å²) in [7, 11) is 0. The predicted molar refractivity (Wildman–Crippen MR) is 141 cm³/mol. The predicted octanol–water partition coefficient (Wildman–Crippen LogP) is 6.11. The fourth-order valence-corrected chi connectivity index (χ4v) is 6.77. The first-order valence-electron chi connectivity index (χ1n) is 12.9. The summed E-state index contributed by atoms with van der Waals surface area (Å²) < 4.78 is 5.76. The summed E-state index contributed by atoms with van der Waals surface area (Å²) in [5, 5.41) is 4.19. The van der Waals surface area contributed by atoms with Crippen LogP contribution in [0.3, 0.4) is 0 Å². The van der Waals surface area contributed by atoms with Crippen molar-refractivity contribution in [3.05, 3.63) is 113 Å². The van der Waals surface area contributed by atoms with Gasteiger partial charge >= 0.3 is 0 Å². The number of aryl methyl sites for hydroxylation is 1. The molecule has 2 aromatic carbocycles. The van der Waals surface area contributed by atoms with Gasteiger partial charge in [-0.15, -0.1) is 0 Å². The summed E-state index contributed by atoms with van der Waals surface area (Å²) in [6.07, 6.45) is 9.95. The quantitative estimate of drug-likeness (QED) is 0.307. The van der Waals surface area contributed by atoms with Crippen molar-refractivity contribution in [2.75, 3.05) is 0 Å². The van der Waals surface area contributed by atoms with Crippen molar-refractivity contribution < 1.29 is 4.52 Å². The van der Waals surface area contributed by atoms with E-state index in [9.17, 15) is 0 Å². The molecule has 5 aromatic rings. The van der Waals surface area contributed by atoms with Crippen LogP contribution in [-0.2, 0) is 18.3 Å². The highest BCUT2D eigenvalue weighted by molar-refractivity contribution is 5.71. The Labute approximate surface area is 215 Å². The number of hydrogen-bond acceptors (Lipinski definition) is 6. The van der Waals surface area contributed by atoms with Gasteiger partial charge in [-0.05, 0) is 43.2 Å². The molecular weight excluding hydrogens is 458 g/mol. The van der Waals surface area contributed by atoms with Crippen molar-refractivity contribution in [1.82, 2.24) is 25.1 Å². The van der Waals surface area contributed by atoms with E-state index < -0.39 is 0 Å². The summed E-state index contributed by atoms with van der Waals surface area (Å²) in [4.78, 5) is 18.5. The lowest BCUT2D eigenvalue weighted by molar-refractivity contribution is 0.188. The second kappa shape index (κ2) is 8.44. The van der Waals surface area contributed by atoms with Gasteiger partial charge in [0.2, 0.25) is 0 Å². The van der Waals surface area contributed by atoms with Gasteiger partial charge in [-0.3, -0.25) is 0 Å². The topological polar surface area (TPSA) is 77.6 Å². The smallest absolute Gasteiger partial charge is 0.143 e. The van der Waals surface area contributed by atoms with Crippen LogP contribution < -0.4 is 0 Å². The highest BCUT2D eigenvalue weighted by atomic mass is 16.5. The summed E-state index contributed by atoms with van der Waals surface area (Å²) in [6, 6.07) is 19.5. The second-order valence-corrected chi connectivity index (χ2v) is 10.3. The molecule has 6 heteroatoms. The van der Waals surface area contributed by atoms with Gasteiger partial charge < -0.3 is 4.52 Å². The molecule has 0 amide bonds. The monoisotopic (exact) mass is 485 g/mol. The molecule has 0 bridgehead atoms. The van der Waals surface area contributed by atoms with Gasteiger partial charge in [-0.1, -0.05) is 66.7 Å². The first-order chi connectivity index (χ1) is 18.1. The average Bonchev–Trinajstić information content (AvgIpc) is 3.42. The van der Waals surface area contributed by atoms with E-state index in [0.717, 1.165) is 58.9 Å². The summed E-state index contributed by atoms with van der Waals surface area (Å²) in [5.74, 6) is 2.46. The maximum Gasteiger partial charge on any atom is 0.143 e. The van der Waals surface area contributed by atoms with Crippen molar-refractivity contribution in [2.24, 2.45) is 5.92 Å². The minimum Gasteiger partial charge on any atom is -0.361 e. The number of fused-ring (bicyclic) bond motifs is 4. The fraction of sp³-hybridized carbons (Fsp3) is 0.258. The molecule has 37 heavy (non-hydrogen) atoms. The zero-order valence-electron chi connectivity index (χ0n) is 20.9. The molecule has 182 valence electrons. The second-order valence-electron chi connectivity index (χ2n) is 10.3. The Hall–Kier alpha value is -4.19. The van der Waals surface area contributed by atoms with Gasteiger partial charge in [-0.2, -0.15) is 0 Å². The molecule has 0 saturated heterocycles. The molecule has 3 atom stereocenters. The Kier molecular flexibility index (Phi) is 5.03. The van der Waals surface area contributed by atoms with E-state index in [1.807, 2.05) is 25.5 Å². The number of rotatable bonds is 3. The van der Waals surface area contributed by atoms with Crippen LogP contribution in [0.1, 0.15) is 53.2 Å². The number of hydrogen-bond donors (Lipinski definition) is 0. The van der Waals surface area contributed by atoms with Crippen LogP contribution in [0.2, 0.25) is 0 Å². The Balaban J connectivity index is 1.42. The summed E-state index contributed by atoms with van der Waals surface area (Å²) in [5.41, 5.74) is 8.90. The molecule has 2 aliphatic rings. The third kappa shape index (κ3) is 3.35. The van der Waals surface area contributed by atoms with Gasteiger partial charge in [0.1, 0.15) is 17.9 Å².